The summed E-state index contributed by atoms with van der Waals surface area (Å²) in [7, 11) is 0. The molecule has 112 valence electrons. The van der Waals surface area contributed by atoms with Crippen molar-refractivity contribution in [2.75, 3.05) is 13.2 Å². The molecule has 1 fully saturated rings. The Morgan fingerprint density at radius 1 is 1.25 bits per heavy atom. The zero-order valence-corrected chi connectivity index (χ0v) is 12.6. The van der Waals surface area contributed by atoms with Crippen LogP contribution in [0.4, 0.5) is 0 Å². The van der Waals surface area contributed by atoms with Crippen LogP contribution < -0.4 is 5.32 Å². The molecular weight excluding hydrogens is 250 g/mol. The predicted octanol–water partition coefficient (Wildman–Crippen LogP) is 3.05. The number of hydrogen-bond acceptors (Lipinski definition) is 3. The maximum Gasteiger partial charge on any atom is 0.0898 e. The second-order valence-electron chi connectivity index (χ2n) is 6.19. The molecule has 0 heterocycles. The topological polar surface area (TPSA) is 41.5 Å². The van der Waals surface area contributed by atoms with Crippen LogP contribution in [0.15, 0.2) is 30.3 Å². The first-order valence-electron chi connectivity index (χ1n) is 7.69. The van der Waals surface area contributed by atoms with Gasteiger partial charge in [0, 0.05) is 12.1 Å². The van der Waals surface area contributed by atoms with E-state index in [1.807, 2.05) is 25.1 Å². The Labute approximate surface area is 122 Å². The Morgan fingerprint density at radius 2 is 1.90 bits per heavy atom. The molecule has 0 spiro atoms. The highest BCUT2D eigenvalue weighted by atomic mass is 16.5. The first-order valence-corrected chi connectivity index (χ1v) is 7.69. The van der Waals surface area contributed by atoms with Gasteiger partial charge in [-0.25, -0.2) is 0 Å². The van der Waals surface area contributed by atoms with Crippen LogP contribution in [-0.2, 0) is 4.74 Å². The van der Waals surface area contributed by atoms with Gasteiger partial charge in [-0.2, -0.15) is 0 Å². The second-order valence-corrected chi connectivity index (χ2v) is 6.19. The summed E-state index contributed by atoms with van der Waals surface area (Å²) in [5.41, 5.74) is 1.36. The quantitative estimate of drug-likeness (QED) is 0.805. The number of ether oxygens (including phenoxy) is 1. The molecule has 1 aromatic carbocycles. The summed E-state index contributed by atoms with van der Waals surface area (Å²) in [6, 6.07) is 10.1. The molecule has 1 aliphatic carbocycles. The van der Waals surface area contributed by atoms with Crippen LogP contribution in [0.25, 0.3) is 0 Å². The van der Waals surface area contributed by atoms with Crippen molar-refractivity contribution in [2.24, 2.45) is 0 Å². The van der Waals surface area contributed by atoms with E-state index in [4.69, 9.17) is 4.74 Å². The van der Waals surface area contributed by atoms with Gasteiger partial charge >= 0.3 is 0 Å². The first kappa shape index (κ1) is 15.5. The number of aliphatic hydroxyl groups excluding tert-OH is 1. The van der Waals surface area contributed by atoms with E-state index in [9.17, 15) is 5.11 Å². The largest absolute Gasteiger partial charge is 0.389 e. The van der Waals surface area contributed by atoms with Crippen LogP contribution >= 0.6 is 0 Å². The van der Waals surface area contributed by atoms with Gasteiger partial charge in [-0.15, -0.1) is 0 Å². The van der Waals surface area contributed by atoms with Crippen LogP contribution in [-0.4, -0.2) is 29.9 Å². The highest BCUT2D eigenvalue weighted by molar-refractivity contribution is 5.16. The van der Waals surface area contributed by atoms with Gasteiger partial charge in [0.25, 0.3) is 0 Å². The van der Waals surface area contributed by atoms with Gasteiger partial charge in [-0.05, 0) is 32.3 Å². The maximum absolute atomic E-state index is 10.0. The van der Waals surface area contributed by atoms with E-state index in [0.717, 1.165) is 5.56 Å². The normalized spacial score (nSPS) is 20.8. The second kappa shape index (κ2) is 7.21. The van der Waals surface area contributed by atoms with Crippen LogP contribution in [0, 0.1) is 0 Å². The standard InChI is InChI=1S/C17H27NO2/c1-14(15-8-4-3-5-9-15)20-13-16(19)12-18-17(2)10-6-7-11-17/h3-5,8-9,14,16,18-19H,6-7,10-13H2,1-2H3. The Morgan fingerprint density at radius 3 is 2.55 bits per heavy atom. The molecule has 1 aliphatic rings. The first-order chi connectivity index (χ1) is 9.59. The molecule has 1 aromatic rings. The van der Waals surface area contributed by atoms with Crippen LogP contribution in [0.3, 0.4) is 0 Å². The summed E-state index contributed by atoms with van der Waals surface area (Å²) in [6.45, 7) is 5.26. The summed E-state index contributed by atoms with van der Waals surface area (Å²) in [4.78, 5) is 0. The summed E-state index contributed by atoms with van der Waals surface area (Å²) >= 11 is 0. The third kappa shape index (κ3) is 4.58. The fourth-order valence-electron chi connectivity index (χ4n) is 2.83. The van der Waals surface area contributed by atoms with E-state index >= 15 is 0 Å². The number of hydrogen-bond donors (Lipinski definition) is 2. The molecule has 3 heteroatoms. The highest BCUT2D eigenvalue weighted by Crippen LogP contribution is 2.28. The number of benzene rings is 1. The van der Waals surface area contributed by atoms with E-state index < -0.39 is 6.10 Å². The molecule has 0 amide bonds. The third-order valence-corrected chi connectivity index (χ3v) is 4.28. The minimum Gasteiger partial charge on any atom is -0.389 e. The number of rotatable bonds is 7. The van der Waals surface area contributed by atoms with Gasteiger partial charge in [-0.3, -0.25) is 0 Å². The van der Waals surface area contributed by atoms with Gasteiger partial charge in [-0.1, -0.05) is 43.2 Å². The fraction of sp³-hybridized carbons (Fsp3) is 0.647. The molecule has 2 unspecified atom stereocenters. The van der Waals surface area contributed by atoms with Gasteiger partial charge in [0.05, 0.1) is 18.8 Å². The zero-order chi connectivity index (χ0) is 14.4. The molecular formula is C17H27NO2. The maximum atomic E-state index is 10.0. The van der Waals surface area contributed by atoms with Crippen LogP contribution in [0.1, 0.15) is 51.2 Å². The fourth-order valence-corrected chi connectivity index (χ4v) is 2.83. The van der Waals surface area contributed by atoms with Crippen molar-refractivity contribution in [3.05, 3.63) is 35.9 Å². The molecule has 0 aromatic heterocycles. The van der Waals surface area contributed by atoms with Gasteiger partial charge in [0.2, 0.25) is 0 Å². The van der Waals surface area contributed by atoms with E-state index in [1.165, 1.54) is 25.7 Å². The van der Waals surface area contributed by atoms with Crippen molar-refractivity contribution in [3.8, 4) is 0 Å². The van der Waals surface area contributed by atoms with Crippen molar-refractivity contribution < 1.29 is 9.84 Å². The van der Waals surface area contributed by atoms with Crippen LogP contribution in [0.2, 0.25) is 0 Å². The SMILES string of the molecule is CC(OCC(O)CNC1(C)CCCC1)c1ccccc1. The summed E-state index contributed by atoms with van der Waals surface area (Å²) in [6.07, 6.45) is 4.58. The van der Waals surface area contributed by atoms with Crippen molar-refractivity contribution in [1.29, 1.82) is 0 Å². The molecule has 0 bridgehead atoms. The van der Waals surface area contributed by atoms with Gasteiger partial charge in [0.15, 0.2) is 0 Å². The average molecular weight is 277 g/mol. The molecule has 0 radical (unpaired) electrons. The van der Waals surface area contributed by atoms with Crippen molar-refractivity contribution >= 4 is 0 Å². The number of β-amino-alcohol motifs (C(OH)–C–C–N with tert-alkyl or cyclic N) is 1. The Hall–Kier alpha value is -0.900. The predicted molar refractivity (Wildman–Crippen MR) is 81.7 cm³/mol. The summed E-state index contributed by atoms with van der Waals surface area (Å²) in [5, 5.41) is 13.5. The molecule has 2 atom stereocenters. The molecule has 0 aliphatic heterocycles. The lowest BCUT2D eigenvalue weighted by Crippen LogP contribution is -2.44. The van der Waals surface area contributed by atoms with E-state index in [1.54, 1.807) is 0 Å². The average Bonchev–Trinajstić information content (AvgIpc) is 2.91. The third-order valence-electron chi connectivity index (χ3n) is 4.28. The van der Waals surface area contributed by atoms with E-state index in [2.05, 4.69) is 24.4 Å². The minimum absolute atomic E-state index is 0.0212. The number of aliphatic hydroxyl groups is 1. The van der Waals surface area contributed by atoms with E-state index in [-0.39, 0.29) is 11.6 Å². The molecule has 1 saturated carbocycles. The smallest absolute Gasteiger partial charge is 0.0898 e. The minimum atomic E-state index is -0.446. The van der Waals surface area contributed by atoms with Crippen molar-refractivity contribution in [1.82, 2.24) is 5.32 Å². The van der Waals surface area contributed by atoms with Crippen molar-refractivity contribution in [3.63, 3.8) is 0 Å². The van der Waals surface area contributed by atoms with E-state index in [0.29, 0.717) is 13.2 Å². The molecule has 2 N–H and O–H groups in total. The van der Waals surface area contributed by atoms with Gasteiger partial charge in [0.1, 0.15) is 0 Å². The Kier molecular flexibility index (Phi) is 5.58. The molecule has 20 heavy (non-hydrogen) atoms. The molecule has 3 nitrogen and oxygen atoms in total. The monoisotopic (exact) mass is 277 g/mol. The van der Waals surface area contributed by atoms with Crippen LogP contribution in [0.5, 0.6) is 0 Å². The highest BCUT2D eigenvalue weighted by Gasteiger charge is 2.28. The molecule has 0 saturated heterocycles. The summed E-state index contributed by atoms with van der Waals surface area (Å²) < 4.78 is 5.75. The summed E-state index contributed by atoms with van der Waals surface area (Å²) in [5.74, 6) is 0. The molecule has 2 rings (SSSR count). The lowest BCUT2D eigenvalue weighted by atomic mass is 10.0. The Bertz CT molecular complexity index is 387. The lowest BCUT2D eigenvalue weighted by molar-refractivity contribution is -0.00439. The zero-order valence-electron chi connectivity index (χ0n) is 12.6. The lowest BCUT2D eigenvalue weighted by Gasteiger charge is -2.27. The number of nitrogens with one attached hydrogen (secondary N) is 1. The Balaban J connectivity index is 1.68. The van der Waals surface area contributed by atoms with Gasteiger partial charge < -0.3 is 15.2 Å². The van der Waals surface area contributed by atoms with Crippen molar-refractivity contribution in [2.45, 2.75) is 57.3 Å².